The highest BCUT2D eigenvalue weighted by atomic mass is 16.5. The molecule has 38 valence electrons. The lowest BCUT2D eigenvalue weighted by Gasteiger charge is -1.80. The number of carbonyl (C=O) groups excluding carboxylic acids is 1. The summed E-state index contributed by atoms with van der Waals surface area (Å²) in [5.74, 6) is -0.245. The minimum atomic E-state index is -0.245. The molecule has 0 aliphatic carbocycles. The number of ether oxygens (including phenoxy) is 1. The van der Waals surface area contributed by atoms with E-state index in [4.69, 9.17) is 0 Å². The van der Waals surface area contributed by atoms with Crippen molar-refractivity contribution in [3.05, 3.63) is 0 Å². The Labute approximate surface area is 36.9 Å². The summed E-state index contributed by atoms with van der Waals surface area (Å²) in [6, 6.07) is 0. The molecule has 0 heterocycles. The van der Waals surface area contributed by atoms with Gasteiger partial charge in [-0.2, -0.15) is 0 Å². The molecule has 0 aromatic heterocycles. The average molecular weight is 91.1 g/mol. The van der Waals surface area contributed by atoms with Crippen LogP contribution in [0.25, 0.3) is 0 Å². The van der Waals surface area contributed by atoms with Gasteiger partial charge >= 0.3 is 5.97 Å². The molecular weight excluding hydrogens is 82.0 g/mol. The Kier molecular flexibility index (Phi) is 6.69. The number of carbonyl (C=O) groups is 1. The highest BCUT2D eigenvalue weighted by Gasteiger charge is 1.75. The molecule has 3 heteroatoms. The van der Waals surface area contributed by atoms with Crippen molar-refractivity contribution in [3.63, 3.8) is 0 Å². The van der Waals surface area contributed by atoms with Gasteiger partial charge in [0.25, 0.3) is 0 Å². The lowest BCUT2D eigenvalue weighted by Crippen LogP contribution is -1.88. The van der Waals surface area contributed by atoms with E-state index in [-0.39, 0.29) is 12.1 Å². The third-order valence-corrected chi connectivity index (χ3v) is 0.287. The van der Waals surface area contributed by atoms with Crippen LogP contribution < -0.4 is 6.15 Å². The minimum absolute atomic E-state index is 0. The van der Waals surface area contributed by atoms with Crippen LogP contribution in [0, 0.1) is 0 Å². The zero-order chi connectivity index (χ0) is 4.28. The van der Waals surface area contributed by atoms with Crippen LogP contribution in [0.5, 0.6) is 0 Å². The maximum atomic E-state index is 9.59. The topological polar surface area (TPSA) is 61.3 Å². The summed E-state index contributed by atoms with van der Waals surface area (Å²) in [5.41, 5.74) is 0. The molecule has 6 heavy (non-hydrogen) atoms. The SMILES string of the molecule is COC(C)=O.N. The maximum absolute atomic E-state index is 9.59. The van der Waals surface area contributed by atoms with E-state index in [1.807, 2.05) is 0 Å². The largest absolute Gasteiger partial charge is 0.469 e. The van der Waals surface area contributed by atoms with Crippen molar-refractivity contribution in [1.82, 2.24) is 6.15 Å². The van der Waals surface area contributed by atoms with Crippen molar-refractivity contribution in [2.75, 3.05) is 7.11 Å². The van der Waals surface area contributed by atoms with E-state index < -0.39 is 0 Å². The number of methoxy groups -OCH3 is 1. The van der Waals surface area contributed by atoms with E-state index in [1.54, 1.807) is 0 Å². The van der Waals surface area contributed by atoms with Crippen molar-refractivity contribution < 1.29 is 9.53 Å². The van der Waals surface area contributed by atoms with Gasteiger partial charge < -0.3 is 10.9 Å². The molecule has 0 saturated carbocycles. The summed E-state index contributed by atoms with van der Waals surface area (Å²) in [7, 11) is 1.35. The van der Waals surface area contributed by atoms with E-state index in [0.717, 1.165) is 0 Å². The van der Waals surface area contributed by atoms with Crippen LogP contribution >= 0.6 is 0 Å². The first kappa shape index (κ1) is 9.06. The first-order chi connectivity index (χ1) is 2.27. The Morgan fingerprint density at radius 2 is 1.83 bits per heavy atom. The van der Waals surface area contributed by atoms with E-state index in [2.05, 4.69) is 4.74 Å². The average Bonchev–Trinajstić information content (AvgIpc) is 1.38. The van der Waals surface area contributed by atoms with Crippen LogP contribution in [-0.4, -0.2) is 13.1 Å². The van der Waals surface area contributed by atoms with Crippen LogP contribution in [0.3, 0.4) is 0 Å². The molecule has 0 atom stereocenters. The molecule has 3 nitrogen and oxygen atoms in total. The molecule has 0 aromatic rings. The van der Waals surface area contributed by atoms with Gasteiger partial charge in [-0.25, -0.2) is 0 Å². The Balaban J connectivity index is 0. The smallest absolute Gasteiger partial charge is 0.302 e. The van der Waals surface area contributed by atoms with Crippen LogP contribution in [0.2, 0.25) is 0 Å². The van der Waals surface area contributed by atoms with Gasteiger partial charge in [0.05, 0.1) is 7.11 Å². The van der Waals surface area contributed by atoms with Crippen molar-refractivity contribution in [2.24, 2.45) is 0 Å². The van der Waals surface area contributed by atoms with Crippen LogP contribution in [0.4, 0.5) is 0 Å². The Morgan fingerprint density at radius 3 is 1.83 bits per heavy atom. The molecule has 0 unspecified atom stereocenters. The highest BCUT2D eigenvalue weighted by Crippen LogP contribution is 1.60. The summed E-state index contributed by atoms with van der Waals surface area (Å²) >= 11 is 0. The molecule has 3 N–H and O–H groups in total. The first-order valence-corrected chi connectivity index (χ1v) is 1.32. The predicted molar refractivity (Wildman–Crippen MR) is 22.7 cm³/mol. The Bertz CT molecular complexity index is 44.1. The zero-order valence-corrected chi connectivity index (χ0v) is 4.02. The summed E-state index contributed by atoms with van der Waals surface area (Å²) in [5, 5.41) is 0. The predicted octanol–water partition coefficient (Wildman–Crippen LogP) is 0.341. The maximum Gasteiger partial charge on any atom is 0.302 e. The number of hydrogen-bond donors (Lipinski definition) is 1. The molecular formula is C3H9NO2. The molecule has 0 aliphatic rings. The van der Waals surface area contributed by atoms with E-state index in [0.29, 0.717) is 0 Å². The first-order valence-electron chi connectivity index (χ1n) is 1.32. The minimum Gasteiger partial charge on any atom is -0.469 e. The summed E-state index contributed by atoms with van der Waals surface area (Å²) < 4.78 is 4.11. The van der Waals surface area contributed by atoms with Gasteiger partial charge in [-0.1, -0.05) is 0 Å². The molecule has 0 fully saturated rings. The zero-order valence-electron chi connectivity index (χ0n) is 4.02. The van der Waals surface area contributed by atoms with Crippen molar-refractivity contribution in [1.29, 1.82) is 0 Å². The fourth-order valence-corrected chi connectivity index (χ4v) is 0. The van der Waals surface area contributed by atoms with E-state index >= 15 is 0 Å². The monoisotopic (exact) mass is 91.1 g/mol. The van der Waals surface area contributed by atoms with Crippen LogP contribution in [0.1, 0.15) is 6.92 Å². The number of rotatable bonds is 0. The third kappa shape index (κ3) is 9.90. The molecule has 0 amide bonds. The van der Waals surface area contributed by atoms with Crippen molar-refractivity contribution in [2.45, 2.75) is 6.92 Å². The Hall–Kier alpha value is -0.570. The highest BCUT2D eigenvalue weighted by molar-refractivity contribution is 5.65. The molecule has 0 saturated heterocycles. The third-order valence-electron chi connectivity index (χ3n) is 0.287. The van der Waals surface area contributed by atoms with Crippen LogP contribution in [-0.2, 0) is 9.53 Å². The van der Waals surface area contributed by atoms with Gasteiger partial charge in [0.1, 0.15) is 0 Å². The van der Waals surface area contributed by atoms with Gasteiger partial charge in [-0.15, -0.1) is 0 Å². The van der Waals surface area contributed by atoms with Gasteiger partial charge in [0.2, 0.25) is 0 Å². The Morgan fingerprint density at radius 1 is 1.67 bits per heavy atom. The number of esters is 1. The molecule has 0 rings (SSSR count). The standard InChI is InChI=1S/C3H6O2.H3N/c1-3(4)5-2;/h1-2H3;1H3. The second-order valence-corrected chi connectivity index (χ2v) is 0.696. The van der Waals surface area contributed by atoms with Gasteiger partial charge in [-0.3, -0.25) is 4.79 Å². The second kappa shape index (κ2) is 4.43. The fourth-order valence-electron chi connectivity index (χ4n) is 0. The number of hydrogen-bond acceptors (Lipinski definition) is 3. The van der Waals surface area contributed by atoms with Gasteiger partial charge in [0, 0.05) is 6.92 Å². The molecule has 0 radical (unpaired) electrons. The molecule has 0 bridgehead atoms. The van der Waals surface area contributed by atoms with Gasteiger partial charge in [-0.05, 0) is 0 Å². The van der Waals surface area contributed by atoms with Crippen molar-refractivity contribution >= 4 is 5.97 Å². The lowest BCUT2D eigenvalue weighted by molar-refractivity contribution is -0.137. The second-order valence-electron chi connectivity index (χ2n) is 0.696. The van der Waals surface area contributed by atoms with E-state index in [1.165, 1.54) is 14.0 Å². The summed E-state index contributed by atoms with van der Waals surface area (Å²) in [6.07, 6.45) is 0. The lowest BCUT2D eigenvalue weighted by atomic mass is 10.8. The quantitative estimate of drug-likeness (QED) is 0.437. The van der Waals surface area contributed by atoms with Crippen molar-refractivity contribution in [3.8, 4) is 0 Å². The summed E-state index contributed by atoms with van der Waals surface area (Å²) in [4.78, 5) is 9.59. The van der Waals surface area contributed by atoms with E-state index in [9.17, 15) is 4.79 Å². The molecule has 0 aromatic carbocycles. The normalized spacial score (nSPS) is 5.67. The fraction of sp³-hybridized carbons (Fsp3) is 0.667. The van der Waals surface area contributed by atoms with Gasteiger partial charge in [0.15, 0.2) is 0 Å². The van der Waals surface area contributed by atoms with Crippen LogP contribution in [0.15, 0.2) is 0 Å². The molecule has 0 aliphatic heterocycles. The molecule has 0 spiro atoms. The summed E-state index contributed by atoms with van der Waals surface area (Å²) in [6.45, 7) is 1.36.